The van der Waals surface area contributed by atoms with E-state index < -0.39 is 11.6 Å². The van der Waals surface area contributed by atoms with Gasteiger partial charge in [0.25, 0.3) is 5.89 Å². The van der Waals surface area contributed by atoms with Crippen molar-refractivity contribution in [3.63, 3.8) is 0 Å². The molecule has 1 aliphatic rings. The van der Waals surface area contributed by atoms with Crippen LogP contribution >= 0.6 is 0 Å². The van der Waals surface area contributed by atoms with Gasteiger partial charge in [-0.2, -0.15) is 5.10 Å². The number of aromatic nitrogens is 4. The second kappa shape index (κ2) is 6.86. The molecule has 9 heteroatoms. The third-order valence-corrected chi connectivity index (χ3v) is 4.28. The van der Waals surface area contributed by atoms with Crippen molar-refractivity contribution in [2.75, 3.05) is 6.79 Å². The van der Waals surface area contributed by atoms with E-state index >= 15 is 0 Å². The first-order chi connectivity index (χ1) is 14.2. The van der Waals surface area contributed by atoms with E-state index in [1.54, 1.807) is 18.2 Å². The summed E-state index contributed by atoms with van der Waals surface area (Å²) < 4.78 is 42.7. The van der Waals surface area contributed by atoms with E-state index in [4.69, 9.17) is 13.9 Å². The molecule has 0 amide bonds. The molecular formula is C20H12F2N4O3. The van der Waals surface area contributed by atoms with Crippen LogP contribution in [0.25, 0.3) is 35.0 Å². The van der Waals surface area contributed by atoms with E-state index in [0.29, 0.717) is 34.3 Å². The van der Waals surface area contributed by atoms with Crippen molar-refractivity contribution in [1.29, 1.82) is 0 Å². The van der Waals surface area contributed by atoms with E-state index in [0.717, 1.165) is 17.7 Å². The van der Waals surface area contributed by atoms with Gasteiger partial charge in [0.15, 0.2) is 23.1 Å². The Morgan fingerprint density at radius 2 is 1.79 bits per heavy atom. The van der Waals surface area contributed by atoms with E-state index in [1.165, 1.54) is 6.07 Å². The zero-order chi connectivity index (χ0) is 19.8. The number of H-pyrrole nitrogens is 1. The highest BCUT2D eigenvalue weighted by molar-refractivity contribution is 5.69. The molecule has 2 aromatic carbocycles. The number of nitrogens with one attached hydrogen (secondary N) is 1. The van der Waals surface area contributed by atoms with E-state index in [-0.39, 0.29) is 12.7 Å². The van der Waals surface area contributed by atoms with Crippen LogP contribution in [-0.2, 0) is 0 Å². The van der Waals surface area contributed by atoms with Crippen molar-refractivity contribution in [3.05, 3.63) is 65.6 Å². The first-order valence-corrected chi connectivity index (χ1v) is 8.58. The van der Waals surface area contributed by atoms with Gasteiger partial charge in [-0.05, 0) is 48.0 Å². The van der Waals surface area contributed by atoms with Gasteiger partial charge >= 0.3 is 0 Å². The van der Waals surface area contributed by atoms with Crippen LogP contribution in [0, 0.1) is 11.6 Å². The van der Waals surface area contributed by atoms with Crippen LogP contribution in [0.3, 0.4) is 0 Å². The van der Waals surface area contributed by atoms with E-state index in [9.17, 15) is 8.78 Å². The molecular weight excluding hydrogens is 382 g/mol. The van der Waals surface area contributed by atoms with Crippen molar-refractivity contribution < 1.29 is 22.7 Å². The fraction of sp³-hybridized carbons (Fsp3) is 0.0500. The SMILES string of the molecule is Fc1ccc(-c2cc(-c3nnc(/C=C/c4ccc5c(c4)OCO5)o3)[nH]n2)cc1F. The Bertz CT molecular complexity index is 1230. The van der Waals surface area contributed by atoms with Gasteiger partial charge in [0, 0.05) is 11.6 Å². The molecule has 1 aliphatic heterocycles. The summed E-state index contributed by atoms with van der Waals surface area (Å²) in [5.41, 5.74) is 2.19. The van der Waals surface area contributed by atoms with Crippen molar-refractivity contribution in [2.24, 2.45) is 0 Å². The quantitative estimate of drug-likeness (QED) is 0.555. The Morgan fingerprint density at radius 3 is 2.69 bits per heavy atom. The molecule has 0 aliphatic carbocycles. The number of fused-ring (bicyclic) bond motifs is 1. The fourth-order valence-electron chi connectivity index (χ4n) is 2.83. The summed E-state index contributed by atoms with van der Waals surface area (Å²) in [5.74, 6) is 0.0401. The number of aromatic amines is 1. The Hall–Kier alpha value is -4.01. The number of hydrogen-bond acceptors (Lipinski definition) is 6. The molecule has 3 heterocycles. The van der Waals surface area contributed by atoms with Crippen molar-refractivity contribution in [1.82, 2.24) is 20.4 Å². The summed E-state index contributed by atoms with van der Waals surface area (Å²) in [7, 11) is 0. The zero-order valence-electron chi connectivity index (χ0n) is 14.7. The van der Waals surface area contributed by atoms with Gasteiger partial charge in [0.05, 0.1) is 5.69 Å². The fourth-order valence-corrected chi connectivity index (χ4v) is 2.83. The Kier molecular flexibility index (Phi) is 4.05. The van der Waals surface area contributed by atoms with Crippen LogP contribution in [0.1, 0.15) is 11.5 Å². The standard InChI is InChI=1S/C20H12F2N4O3/c21-13-4-3-12(8-14(13)22)15-9-16(24-23-15)20-26-25-19(29-20)6-2-11-1-5-17-18(7-11)28-10-27-17/h1-9H,10H2,(H,23,24)/b6-2+. The average Bonchev–Trinajstić information content (AvgIpc) is 3.48. The molecule has 0 spiro atoms. The van der Waals surface area contributed by atoms with Gasteiger partial charge in [-0.25, -0.2) is 8.78 Å². The maximum atomic E-state index is 13.4. The van der Waals surface area contributed by atoms with Gasteiger partial charge in [0.1, 0.15) is 5.69 Å². The molecule has 2 aromatic heterocycles. The number of benzene rings is 2. The molecule has 29 heavy (non-hydrogen) atoms. The van der Waals surface area contributed by atoms with Gasteiger partial charge in [-0.15, -0.1) is 10.2 Å². The third-order valence-electron chi connectivity index (χ3n) is 4.28. The topological polar surface area (TPSA) is 86.1 Å². The molecule has 7 nitrogen and oxygen atoms in total. The number of rotatable bonds is 4. The molecule has 0 fully saturated rings. The summed E-state index contributed by atoms with van der Waals surface area (Å²) in [6.45, 7) is 0.215. The van der Waals surface area contributed by atoms with E-state index in [1.807, 2.05) is 18.2 Å². The predicted octanol–water partition coefficient (Wildman–Crippen LogP) is 4.30. The summed E-state index contributed by atoms with van der Waals surface area (Å²) in [4.78, 5) is 0. The number of nitrogens with zero attached hydrogens (tertiary/aromatic N) is 3. The van der Waals surface area contributed by atoms with Gasteiger partial charge < -0.3 is 13.9 Å². The van der Waals surface area contributed by atoms with Crippen LogP contribution in [0.2, 0.25) is 0 Å². The smallest absolute Gasteiger partial charge is 0.266 e. The molecule has 0 radical (unpaired) electrons. The van der Waals surface area contributed by atoms with Crippen LogP contribution < -0.4 is 9.47 Å². The Balaban J connectivity index is 1.35. The van der Waals surface area contributed by atoms with Gasteiger partial charge in [0.2, 0.25) is 12.7 Å². The number of halogens is 2. The lowest BCUT2D eigenvalue weighted by atomic mass is 10.1. The molecule has 0 saturated heterocycles. The molecule has 1 N–H and O–H groups in total. The maximum absolute atomic E-state index is 13.4. The number of hydrogen-bond donors (Lipinski definition) is 1. The minimum Gasteiger partial charge on any atom is -0.454 e. The minimum absolute atomic E-state index is 0.215. The molecule has 4 aromatic rings. The second-order valence-electron chi connectivity index (χ2n) is 6.19. The lowest BCUT2D eigenvalue weighted by Gasteiger charge is -1.96. The van der Waals surface area contributed by atoms with Crippen LogP contribution in [0.15, 0.2) is 46.9 Å². The molecule has 0 atom stereocenters. The highest BCUT2D eigenvalue weighted by atomic mass is 19.2. The molecule has 5 rings (SSSR count). The lowest BCUT2D eigenvalue weighted by molar-refractivity contribution is 0.174. The Labute approximate surface area is 162 Å². The number of ether oxygens (including phenoxy) is 2. The minimum atomic E-state index is -0.944. The molecule has 0 bridgehead atoms. The predicted molar refractivity (Wildman–Crippen MR) is 98.7 cm³/mol. The monoisotopic (exact) mass is 394 g/mol. The Morgan fingerprint density at radius 1 is 0.897 bits per heavy atom. The first-order valence-electron chi connectivity index (χ1n) is 8.58. The molecule has 0 unspecified atom stereocenters. The van der Waals surface area contributed by atoms with Crippen molar-refractivity contribution >= 4 is 12.2 Å². The summed E-state index contributed by atoms with van der Waals surface area (Å²) in [5, 5.41) is 14.8. The maximum Gasteiger partial charge on any atom is 0.266 e. The molecule has 144 valence electrons. The lowest BCUT2D eigenvalue weighted by Crippen LogP contribution is -1.92. The highest BCUT2D eigenvalue weighted by Crippen LogP contribution is 2.33. The van der Waals surface area contributed by atoms with Crippen LogP contribution in [0.4, 0.5) is 8.78 Å². The van der Waals surface area contributed by atoms with Crippen molar-refractivity contribution in [2.45, 2.75) is 0 Å². The highest BCUT2D eigenvalue weighted by Gasteiger charge is 2.14. The van der Waals surface area contributed by atoms with Gasteiger partial charge in [-0.3, -0.25) is 5.10 Å². The average molecular weight is 394 g/mol. The largest absolute Gasteiger partial charge is 0.454 e. The summed E-state index contributed by atoms with van der Waals surface area (Å²) in [6, 6.07) is 10.7. The first kappa shape index (κ1) is 17.1. The zero-order valence-corrected chi connectivity index (χ0v) is 14.7. The van der Waals surface area contributed by atoms with Crippen LogP contribution in [0.5, 0.6) is 11.5 Å². The van der Waals surface area contributed by atoms with Crippen molar-refractivity contribution in [3.8, 4) is 34.3 Å². The second-order valence-corrected chi connectivity index (χ2v) is 6.19. The summed E-state index contributed by atoms with van der Waals surface area (Å²) in [6.07, 6.45) is 3.47. The summed E-state index contributed by atoms with van der Waals surface area (Å²) >= 11 is 0. The van der Waals surface area contributed by atoms with E-state index in [2.05, 4.69) is 20.4 Å². The molecule has 0 saturated carbocycles. The normalized spacial score (nSPS) is 12.8. The van der Waals surface area contributed by atoms with Crippen LogP contribution in [-0.4, -0.2) is 27.2 Å². The van der Waals surface area contributed by atoms with Gasteiger partial charge in [-0.1, -0.05) is 6.07 Å². The third kappa shape index (κ3) is 3.33.